The van der Waals surface area contributed by atoms with Crippen LogP contribution >= 0.6 is 0 Å². The number of hydrogen-bond donors (Lipinski definition) is 1. The predicted molar refractivity (Wildman–Crippen MR) is 112 cm³/mol. The summed E-state index contributed by atoms with van der Waals surface area (Å²) < 4.78 is 74.4. The quantitative estimate of drug-likeness (QED) is 0.705. The van der Waals surface area contributed by atoms with Crippen molar-refractivity contribution in [3.63, 3.8) is 0 Å². The average molecular weight is 488 g/mol. The molecule has 1 aromatic carbocycles. The zero-order valence-electron chi connectivity index (χ0n) is 17.5. The van der Waals surface area contributed by atoms with Crippen molar-refractivity contribution in [2.45, 2.75) is 6.18 Å². The van der Waals surface area contributed by atoms with Gasteiger partial charge in [0.15, 0.2) is 0 Å². The molecule has 2 saturated heterocycles. The lowest BCUT2D eigenvalue weighted by Crippen LogP contribution is -2.56. The number of alkyl halides is 3. The largest absolute Gasteiger partial charge is 0.416 e. The second-order valence-corrected chi connectivity index (χ2v) is 9.44. The molecular weight excluding hydrogens is 465 g/mol. The number of carbonyl (C=O) groups excluding carboxylic acids is 1. The fourth-order valence-electron chi connectivity index (χ4n) is 3.68. The number of amides is 2. The molecule has 0 aliphatic carbocycles. The van der Waals surface area contributed by atoms with Gasteiger partial charge in [-0.1, -0.05) is 0 Å². The summed E-state index contributed by atoms with van der Waals surface area (Å²) >= 11 is 0. The van der Waals surface area contributed by atoms with Gasteiger partial charge in [0.1, 0.15) is 0 Å². The van der Waals surface area contributed by atoms with Crippen LogP contribution in [0.1, 0.15) is 5.56 Å². The van der Waals surface area contributed by atoms with Gasteiger partial charge in [0.2, 0.25) is 0 Å². The molecule has 0 radical (unpaired) electrons. The molecule has 10 nitrogen and oxygen atoms in total. The zero-order chi connectivity index (χ0) is 23.6. The Balaban J connectivity index is 1.46. The number of carbonyl (C=O) groups is 1. The minimum Gasteiger partial charge on any atom is -0.379 e. The molecule has 0 saturated carbocycles. The van der Waals surface area contributed by atoms with E-state index < -0.39 is 28.0 Å². The van der Waals surface area contributed by atoms with Crippen molar-refractivity contribution in [1.29, 1.82) is 0 Å². The van der Waals surface area contributed by atoms with Crippen LogP contribution in [-0.2, 0) is 21.1 Å². The second kappa shape index (κ2) is 9.29. The first-order valence-electron chi connectivity index (χ1n) is 10.3. The van der Waals surface area contributed by atoms with E-state index in [-0.39, 0.29) is 50.6 Å². The van der Waals surface area contributed by atoms with Crippen molar-refractivity contribution < 1.29 is 31.1 Å². The van der Waals surface area contributed by atoms with Crippen molar-refractivity contribution in [3.05, 3.63) is 42.2 Å². The van der Waals surface area contributed by atoms with Crippen molar-refractivity contribution in [3.8, 4) is 5.69 Å². The lowest BCUT2D eigenvalue weighted by Gasteiger charge is -2.37. The highest BCUT2D eigenvalue weighted by Crippen LogP contribution is 2.33. The highest BCUT2D eigenvalue weighted by atomic mass is 32.2. The molecule has 4 rings (SSSR count). The van der Waals surface area contributed by atoms with Gasteiger partial charge < -0.3 is 15.0 Å². The molecule has 0 unspecified atom stereocenters. The summed E-state index contributed by atoms with van der Waals surface area (Å²) in [6.45, 7) is 1.58. The molecule has 2 amide bonds. The Hall–Kier alpha value is -2.68. The van der Waals surface area contributed by atoms with Crippen LogP contribution in [0.4, 0.5) is 23.7 Å². The summed E-state index contributed by atoms with van der Waals surface area (Å²) in [6.07, 6.45) is -1.56. The van der Waals surface area contributed by atoms with Gasteiger partial charge in [0, 0.05) is 51.7 Å². The summed E-state index contributed by atoms with van der Waals surface area (Å²) in [5, 5.41) is 6.55. The molecule has 3 heterocycles. The molecule has 1 N–H and O–H groups in total. The number of ether oxygens (including phenoxy) is 1. The standard InChI is InChI=1S/C19H23F3N6O4S/c20-19(21,22)15-2-3-17(28-5-1-4-23-28)16(14-15)24-18(29)25-6-8-26(9-7-25)33(30,31)27-10-12-32-13-11-27/h1-5,14H,6-13H2,(H,24,29). The second-order valence-electron chi connectivity index (χ2n) is 7.52. The SMILES string of the molecule is O=C(Nc1cc(C(F)(F)F)ccc1-n1cccn1)N1CCN(S(=O)(=O)N2CCOCC2)CC1. The van der Waals surface area contributed by atoms with Crippen LogP contribution < -0.4 is 5.32 Å². The average Bonchev–Trinajstić information content (AvgIpc) is 3.34. The maximum absolute atomic E-state index is 13.2. The number of halogens is 3. The number of morpholine rings is 1. The van der Waals surface area contributed by atoms with Crippen LogP contribution in [0.25, 0.3) is 5.69 Å². The molecule has 0 spiro atoms. The first kappa shape index (κ1) is 23.5. The summed E-state index contributed by atoms with van der Waals surface area (Å²) in [7, 11) is -3.66. The van der Waals surface area contributed by atoms with Gasteiger partial charge in [-0.2, -0.15) is 35.3 Å². The van der Waals surface area contributed by atoms with Crippen LogP contribution in [-0.4, -0.2) is 90.2 Å². The van der Waals surface area contributed by atoms with E-state index in [0.717, 1.165) is 12.1 Å². The number of hydrogen-bond acceptors (Lipinski definition) is 5. The van der Waals surface area contributed by atoms with Crippen LogP contribution in [0.3, 0.4) is 0 Å². The van der Waals surface area contributed by atoms with E-state index in [4.69, 9.17) is 4.74 Å². The van der Waals surface area contributed by atoms with E-state index in [1.807, 2.05) is 0 Å². The molecule has 2 fully saturated rings. The smallest absolute Gasteiger partial charge is 0.379 e. The number of urea groups is 1. The van der Waals surface area contributed by atoms with Crippen molar-refractivity contribution >= 4 is 21.9 Å². The molecule has 2 aliphatic rings. The van der Waals surface area contributed by atoms with Crippen molar-refractivity contribution in [2.75, 3.05) is 57.8 Å². The number of nitrogens with zero attached hydrogens (tertiary/aromatic N) is 5. The lowest BCUT2D eigenvalue weighted by atomic mass is 10.1. The van der Waals surface area contributed by atoms with Crippen LogP contribution in [0.2, 0.25) is 0 Å². The highest BCUT2D eigenvalue weighted by molar-refractivity contribution is 7.86. The number of aromatic nitrogens is 2. The molecule has 33 heavy (non-hydrogen) atoms. The number of piperazine rings is 1. The van der Waals surface area contributed by atoms with Crippen LogP contribution in [0, 0.1) is 0 Å². The van der Waals surface area contributed by atoms with Gasteiger partial charge in [-0.15, -0.1) is 0 Å². The molecule has 180 valence electrons. The number of rotatable bonds is 4. The van der Waals surface area contributed by atoms with Gasteiger partial charge in [0.05, 0.1) is 30.2 Å². The minimum absolute atomic E-state index is 0.0538. The summed E-state index contributed by atoms with van der Waals surface area (Å²) in [6, 6.07) is 4.00. The summed E-state index contributed by atoms with van der Waals surface area (Å²) in [5.41, 5.74) is -0.688. The Kier molecular flexibility index (Phi) is 6.61. The third kappa shape index (κ3) is 5.13. The Morgan fingerprint density at radius 1 is 1.03 bits per heavy atom. The van der Waals surface area contributed by atoms with Crippen LogP contribution in [0.5, 0.6) is 0 Å². The first-order chi connectivity index (χ1) is 15.7. The fourth-order valence-corrected chi connectivity index (χ4v) is 5.24. The van der Waals surface area contributed by atoms with E-state index in [1.165, 1.54) is 30.5 Å². The normalized spacial score (nSPS) is 18.9. The molecule has 2 aliphatic heterocycles. The van der Waals surface area contributed by atoms with E-state index in [2.05, 4.69) is 10.4 Å². The molecule has 1 aromatic heterocycles. The summed E-state index contributed by atoms with van der Waals surface area (Å²) in [4.78, 5) is 14.2. The Morgan fingerprint density at radius 2 is 1.70 bits per heavy atom. The molecular formula is C19H23F3N6O4S. The van der Waals surface area contributed by atoms with Gasteiger partial charge in [-0.25, -0.2) is 9.48 Å². The Bertz CT molecular complexity index is 1080. The van der Waals surface area contributed by atoms with E-state index in [0.29, 0.717) is 13.2 Å². The zero-order valence-corrected chi connectivity index (χ0v) is 18.3. The highest BCUT2D eigenvalue weighted by Gasteiger charge is 2.35. The Labute approximate surface area is 188 Å². The van der Waals surface area contributed by atoms with Gasteiger partial charge in [0.25, 0.3) is 10.2 Å². The third-order valence-electron chi connectivity index (χ3n) is 5.47. The molecule has 2 aromatic rings. The van der Waals surface area contributed by atoms with Crippen molar-refractivity contribution in [1.82, 2.24) is 23.3 Å². The van der Waals surface area contributed by atoms with E-state index >= 15 is 0 Å². The maximum atomic E-state index is 13.2. The van der Waals surface area contributed by atoms with Gasteiger partial charge in [-0.3, -0.25) is 0 Å². The third-order valence-corrected chi connectivity index (χ3v) is 7.50. The fraction of sp³-hybridized carbons (Fsp3) is 0.474. The van der Waals surface area contributed by atoms with E-state index in [1.54, 1.807) is 12.3 Å². The number of benzene rings is 1. The van der Waals surface area contributed by atoms with Gasteiger partial charge in [-0.05, 0) is 24.3 Å². The van der Waals surface area contributed by atoms with E-state index in [9.17, 15) is 26.4 Å². The lowest BCUT2D eigenvalue weighted by molar-refractivity contribution is -0.137. The number of anilines is 1. The Morgan fingerprint density at radius 3 is 2.30 bits per heavy atom. The van der Waals surface area contributed by atoms with Gasteiger partial charge >= 0.3 is 12.2 Å². The number of nitrogens with one attached hydrogen (secondary N) is 1. The first-order valence-corrected chi connectivity index (χ1v) is 11.7. The molecule has 0 bridgehead atoms. The van der Waals surface area contributed by atoms with Crippen LogP contribution in [0.15, 0.2) is 36.7 Å². The van der Waals surface area contributed by atoms with Crippen molar-refractivity contribution in [2.24, 2.45) is 0 Å². The molecule has 14 heteroatoms. The summed E-state index contributed by atoms with van der Waals surface area (Å²) in [5.74, 6) is 0. The molecule has 0 atom stereocenters. The topological polar surface area (TPSA) is 100 Å². The maximum Gasteiger partial charge on any atom is 0.416 e. The predicted octanol–water partition coefficient (Wildman–Crippen LogP) is 1.62. The monoisotopic (exact) mass is 488 g/mol. The minimum atomic E-state index is -4.58.